The van der Waals surface area contributed by atoms with Crippen molar-refractivity contribution in [3.63, 3.8) is 0 Å². The molecule has 1 heterocycles. The van der Waals surface area contributed by atoms with Gasteiger partial charge in [0.1, 0.15) is 5.69 Å². The maximum absolute atomic E-state index is 11.4. The number of nitro benzene ring substituents is 1. The molecule has 1 aliphatic rings. The topological polar surface area (TPSA) is 68.1 Å². The molecule has 104 valence electrons. The van der Waals surface area contributed by atoms with Crippen molar-refractivity contribution in [1.29, 1.82) is 0 Å². The van der Waals surface area contributed by atoms with Crippen LogP contribution >= 0.6 is 0 Å². The van der Waals surface area contributed by atoms with Crippen LogP contribution in [0, 0.1) is 15.5 Å². The molecule has 1 aromatic carbocycles. The van der Waals surface area contributed by atoms with E-state index < -0.39 is 0 Å². The second kappa shape index (κ2) is 4.74. The maximum Gasteiger partial charge on any atom is 0.301 e. The first-order valence-corrected chi connectivity index (χ1v) is 6.91. The lowest BCUT2D eigenvalue weighted by atomic mass is 10.0. The minimum atomic E-state index is -0.322. The maximum atomic E-state index is 11.4. The molecule has 3 rings (SSSR count). The van der Waals surface area contributed by atoms with Crippen LogP contribution in [0.2, 0.25) is 0 Å². The van der Waals surface area contributed by atoms with Crippen LogP contribution in [0.5, 0.6) is 0 Å². The third-order valence-corrected chi connectivity index (χ3v) is 4.30. The second-order valence-electron chi connectivity index (χ2n) is 5.50. The van der Waals surface area contributed by atoms with Crippen molar-refractivity contribution < 1.29 is 4.92 Å². The number of hydrogen-bond donors (Lipinski definition) is 1. The van der Waals surface area contributed by atoms with Gasteiger partial charge in [0.2, 0.25) is 0 Å². The molecule has 20 heavy (non-hydrogen) atoms. The van der Waals surface area contributed by atoms with Gasteiger partial charge in [-0.05, 0) is 48.9 Å². The summed E-state index contributed by atoms with van der Waals surface area (Å²) in [5, 5.41) is 15.2. The summed E-state index contributed by atoms with van der Waals surface area (Å²) >= 11 is 0. The van der Waals surface area contributed by atoms with E-state index in [4.69, 9.17) is 0 Å². The Kier molecular flexibility index (Phi) is 3.04. The summed E-state index contributed by atoms with van der Waals surface area (Å²) in [4.78, 5) is 15.2. The highest BCUT2D eigenvalue weighted by atomic mass is 16.6. The molecule has 0 atom stereocenters. The highest BCUT2D eigenvalue weighted by molar-refractivity contribution is 5.94. The van der Waals surface area contributed by atoms with E-state index in [0.29, 0.717) is 22.0 Å². The highest BCUT2D eigenvalue weighted by Gasteiger charge is 2.40. The Labute approximate surface area is 117 Å². The molecular formula is C15H17N3O2. The molecule has 1 aliphatic carbocycles. The van der Waals surface area contributed by atoms with Gasteiger partial charge in [-0.25, -0.2) is 0 Å². The number of nitrogens with one attached hydrogen (secondary N) is 1. The number of nitro groups is 1. The molecule has 1 saturated carbocycles. The molecule has 0 spiro atoms. The van der Waals surface area contributed by atoms with Gasteiger partial charge in [-0.1, -0.05) is 6.92 Å². The fraction of sp³-hybridized carbons (Fsp3) is 0.400. The quantitative estimate of drug-likeness (QED) is 0.664. The molecule has 0 radical (unpaired) electrons. The van der Waals surface area contributed by atoms with Gasteiger partial charge in [-0.15, -0.1) is 0 Å². The summed E-state index contributed by atoms with van der Waals surface area (Å²) in [6, 6.07) is 7.07. The van der Waals surface area contributed by atoms with Crippen LogP contribution < -0.4 is 5.32 Å². The van der Waals surface area contributed by atoms with Crippen LogP contribution in [0.15, 0.2) is 30.5 Å². The Morgan fingerprint density at radius 2 is 2.20 bits per heavy atom. The monoisotopic (exact) mass is 271 g/mol. The minimum Gasteiger partial charge on any atom is -0.379 e. The van der Waals surface area contributed by atoms with Crippen molar-refractivity contribution in [3.05, 3.63) is 40.6 Å². The summed E-state index contributed by atoms with van der Waals surface area (Å²) in [6.07, 6.45) is 5.18. The molecule has 1 aromatic heterocycles. The Hall–Kier alpha value is -2.17. The fourth-order valence-electron chi connectivity index (χ4n) is 2.59. The molecule has 2 aromatic rings. The normalized spacial score (nSPS) is 16.1. The molecule has 1 fully saturated rings. The number of rotatable bonds is 5. The number of anilines is 1. The standard InChI is InChI=1S/C15H17N3O2/c1-2-15(7-8-15)10-17-13-6-5-12-11(4-3-9-16-12)14(13)18(19)20/h3-6,9,17H,2,7-8,10H2,1H3. The van der Waals surface area contributed by atoms with Crippen molar-refractivity contribution in [2.45, 2.75) is 26.2 Å². The van der Waals surface area contributed by atoms with Crippen LogP contribution in [-0.4, -0.2) is 16.5 Å². The average molecular weight is 271 g/mol. The Morgan fingerprint density at radius 3 is 2.85 bits per heavy atom. The third kappa shape index (κ3) is 2.19. The van der Waals surface area contributed by atoms with Crippen molar-refractivity contribution in [3.8, 4) is 0 Å². The van der Waals surface area contributed by atoms with Crippen LogP contribution in [0.1, 0.15) is 26.2 Å². The first-order valence-electron chi connectivity index (χ1n) is 6.91. The first-order chi connectivity index (χ1) is 9.65. The molecule has 5 heteroatoms. The Balaban J connectivity index is 1.97. The van der Waals surface area contributed by atoms with E-state index in [1.165, 1.54) is 12.8 Å². The molecule has 0 saturated heterocycles. The van der Waals surface area contributed by atoms with Crippen LogP contribution in [-0.2, 0) is 0 Å². The molecule has 0 unspecified atom stereocenters. The lowest BCUT2D eigenvalue weighted by molar-refractivity contribution is -0.382. The molecule has 5 nitrogen and oxygen atoms in total. The molecule has 0 amide bonds. The van der Waals surface area contributed by atoms with Crippen molar-refractivity contribution in [1.82, 2.24) is 4.98 Å². The van der Waals surface area contributed by atoms with E-state index in [2.05, 4.69) is 17.2 Å². The summed E-state index contributed by atoms with van der Waals surface area (Å²) < 4.78 is 0. The van der Waals surface area contributed by atoms with Gasteiger partial charge in [-0.3, -0.25) is 15.1 Å². The summed E-state index contributed by atoms with van der Waals surface area (Å²) in [5.41, 5.74) is 1.72. The predicted octanol–water partition coefficient (Wildman–Crippen LogP) is 3.75. The van der Waals surface area contributed by atoms with Crippen LogP contribution in [0.3, 0.4) is 0 Å². The van der Waals surface area contributed by atoms with Gasteiger partial charge in [0, 0.05) is 12.7 Å². The number of benzene rings is 1. The highest BCUT2D eigenvalue weighted by Crippen LogP contribution is 2.48. The third-order valence-electron chi connectivity index (χ3n) is 4.30. The molecule has 1 N–H and O–H groups in total. The van der Waals surface area contributed by atoms with E-state index in [1.54, 1.807) is 24.4 Å². The summed E-state index contributed by atoms with van der Waals surface area (Å²) in [5.74, 6) is 0. The smallest absolute Gasteiger partial charge is 0.301 e. The zero-order valence-corrected chi connectivity index (χ0v) is 11.4. The largest absolute Gasteiger partial charge is 0.379 e. The molecule has 0 aliphatic heterocycles. The fourth-order valence-corrected chi connectivity index (χ4v) is 2.59. The van der Waals surface area contributed by atoms with Crippen LogP contribution in [0.25, 0.3) is 10.9 Å². The zero-order valence-electron chi connectivity index (χ0n) is 11.4. The first kappa shape index (κ1) is 12.8. The lowest BCUT2D eigenvalue weighted by Crippen LogP contribution is -2.15. The summed E-state index contributed by atoms with van der Waals surface area (Å²) in [6.45, 7) is 2.98. The van der Waals surface area contributed by atoms with Gasteiger partial charge < -0.3 is 5.32 Å². The van der Waals surface area contributed by atoms with Crippen LogP contribution in [0.4, 0.5) is 11.4 Å². The predicted molar refractivity (Wildman–Crippen MR) is 78.8 cm³/mol. The number of aromatic nitrogens is 1. The summed E-state index contributed by atoms with van der Waals surface area (Å²) in [7, 11) is 0. The van der Waals surface area contributed by atoms with Crippen molar-refractivity contribution in [2.75, 3.05) is 11.9 Å². The van der Waals surface area contributed by atoms with E-state index in [0.717, 1.165) is 13.0 Å². The number of nitrogens with zero attached hydrogens (tertiary/aromatic N) is 2. The number of pyridine rings is 1. The van der Waals surface area contributed by atoms with Crippen molar-refractivity contribution in [2.24, 2.45) is 5.41 Å². The van der Waals surface area contributed by atoms with Gasteiger partial charge in [0.25, 0.3) is 0 Å². The van der Waals surface area contributed by atoms with Gasteiger partial charge in [-0.2, -0.15) is 0 Å². The van der Waals surface area contributed by atoms with E-state index in [1.807, 2.05) is 6.07 Å². The molecule has 0 bridgehead atoms. The van der Waals surface area contributed by atoms with Gasteiger partial charge in [0.15, 0.2) is 0 Å². The number of fused-ring (bicyclic) bond motifs is 1. The molecular weight excluding hydrogens is 254 g/mol. The minimum absolute atomic E-state index is 0.127. The number of hydrogen-bond acceptors (Lipinski definition) is 4. The van der Waals surface area contributed by atoms with Gasteiger partial charge >= 0.3 is 5.69 Å². The lowest BCUT2D eigenvalue weighted by Gasteiger charge is -2.15. The SMILES string of the molecule is CCC1(CNc2ccc3ncccc3c2[N+](=O)[O-])CC1. The zero-order chi connectivity index (χ0) is 14.2. The Morgan fingerprint density at radius 1 is 1.40 bits per heavy atom. The second-order valence-corrected chi connectivity index (χ2v) is 5.50. The Bertz CT molecular complexity index is 665. The van der Waals surface area contributed by atoms with Gasteiger partial charge in [0.05, 0.1) is 15.8 Å². The van der Waals surface area contributed by atoms with E-state index in [9.17, 15) is 10.1 Å². The average Bonchev–Trinajstić information content (AvgIpc) is 3.24. The van der Waals surface area contributed by atoms with Crippen molar-refractivity contribution >= 4 is 22.3 Å². The van der Waals surface area contributed by atoms with E-state index >= 15 is 0 Å². The van der Waals surface area contributed by atoms with E-state index in [-0.39, 0.29) is 10.6 Å².